The minimum absolute atomic E-state index is 0.103. The van der Waals surface area contributed by atoms with E-state index in [-0.39, 0.29) is 40.6 Å². The summed E-state index contributed by atoms with van der Waals surface area (Å²) >= 11 is 0. The van der Waals surface area contributed by atoms with Crippen LogP contribution < -0.4 is 0 Å². The molecule has 2 aliphatic carbocycles. The predicted molar refractivity (Wildman–Crippen MR) is 126 cm³/mol. The molecule has 1 saturated carbocycles. The number of hydrogen-bond acceptors (Lipinski definition) is 6. The Bertz CT molecular complexity index is 1310. The number of aliphatic hydroxyl groups is 1. The van der Waals surface area contributed by atoms with E-state index in [1.165, 1.54) is 18.2 Å². The number of halogens is 2. The summed E-state index contributed by atoms with van der Waals surface area (Å²) in [6, 6.07) is 7.32. The van der Waals surface area contributed by atoms with Crippen molar-refractivity contribution in [3.63, 3.8) is 0 Å². The third-order valence-electron chi connectivity index (χ3n) is 7.91. The van der Waals surface area contributed by atoms with Crippen molar-refractivity contribution in [3.8, 4) is 11.3 Å². The van der Waals surface area contributed by atoms with Crippen LogP contribution in [0.3, 0.4) is 0 Å². The fourth-order valence-electron chi connectivity index (χ4n) is 6.02. The largest absolute Gasteiger partial charge is 0.390 e. The molecule has 182 valence electrons. The molecule has 0 radical (unpaired) electrons. The molecule has 3 aromatic rings. The first-order chi connectivity index (χ1) is 16.5. The fourth-order valence-corrected chi connectivity index (χ4v) is 6.02. The van der Waals surface area contributed by atoms with Crippen LogP contribution in [0.2, 0.25) is 0 Å². The Kier molecular flexibility index (Phi) is 5.36. The van der Waals surface area contributed by atoms with Gasteiger partial charge in [-0.2, -0.15) is 5.10 Å². The molecule has 2 aromatic heterocycles. The highest BCUT2D eigenvalue weighted by Gasteiger charge is 2.65. The second kappa shape index (κ2) is 7.95. The number of ketones is 1. The van der Waals surface area contributed by atoms with E-state index in [9.17, 15) is 18.7 Å². The topological polar surface area (TPSA) is 88.9 Å². The highest BCUT2D eigenvalue weighted by Crippen LogP contribution is 2.69. The molecular weight excluding hydrogens is 450 g/mol. The maximum atomic E-state index is 14.5. The lowest BCUT2D eigenvalue weighted by Crippen LogP contribution is -2.38. The Balaban J connectivity index is 1.59. The Morgan fingerprint density at radius 3 is 2.57 bits per heavy atom. The van der Waals surface area contributed by atoms with Crippen LogP contribution in [0.5, 0.6) is 0 Å². The molecule has 1 fully saturated rings. The molecule has 35 heavy (non-hydrogen) atoms. The van der Waals surface area contributed by atoms with Crippen LogP contribution in [0.1, 0.15) is 86.9 Å². The molecule has 0 amide bonds. The highest BCUT2D eigenvalue weighted by atomic mass is 19.1. The fraction of sp³-hybridized carbons (Fsp3) is 0.444. The van der Waals surface area contributed by atoms with Crippen LogP contribution in [0.15, 0.2) is 36.5 Å². The molecule has 2 aliphatic rings. The number of fused-ring (bicyclic) bond motifs is 5. The van der Waals surface area contributed by atoms with Crippen molar-refractivity contribution in [1.82, 2.24) is 20.2 Å². The molecule has 2 atom stereocenters. The van der Waals surface area contributed by atoms with Crippen LogP contribution in [0.25, 0.3) is 11.3 Å². The van der Waals surface area contributed by atoms with Gasteiger partial charge < -0.3 is 5.11 Å². The quantitative estimate of drug-likeness (QED) is 0.493. The smallest absolute Gasteiger partial charge is 0.200 e. The Hall–Kier alpha value is -3.13. The first kappa shape index (κ1) is 23.6. The van der Waals surface area contributed by atoms with Crippen LogP contribution >= 0.6 is 0 Å². The number of carbonyl (C=O) groups excluding carboxylic acids is 1. The SMILES string of the molecule is CC(C)(O)CCC(=O)c1nccc([C@@]23CC[C@@H](c4cc(-c5c(F)cccc5F)nnc42)C3(C)C)n1. The van der Waals surface area contributed by atoms with E-state index in [0.717, 1.165) is 24.1 Å². The lowest BCUT2D eigenvalue weighted by molar-refractivity contribution is 0.0629. The van der Waals surface area contributed by atoms with E-state index in [0.29, 0.717) is 12.1 Å². The van der Waals surface area contributed by atoms with Gasteiger partial charge in [-0.25, -0.2) is 18.7 Å². The summed E-state index contributed by atoms with van der Waals surface area (Å²) in [5.74, 6) is -1.37. The van der Waals surface area contributed by atoms with Crippen LogP contribution in [0.4, 0.5) is 8.78 Å². The Labute approximate surface area is 202 Å². The minimum atomic E-state index is -0.956. The van der Waals surface area contributed by atoms with Crippen molar-refractivity contribution in [2.45, 2.75) is 70.3 Å². The first-order valence-corrected chi connectivity index (χ1v) is 11.9. The van der Waals surface area contributed by atoms with E-state index < -0.39 is 22.7 Å². The molecule has 0 spiro atoms. The van der Waals surface area contributed by atoms with Gasteiger partial charge in [-0.05, 0) is 74.3 Å². The zero-order valence-corrected chi connectivity index (χ0v) is 20.3. The molecule has 6 nitrogen and oxygen atoms in total. The zero-order valence-electron chi connectivity index (χ0n) is 20.3. The van der Waals surface area contributed by atoms with Crippen LogP contribution in [-0.2, 0) is 5.41 Å². The maximum absolute atomic E-state index is 14.5. The summed E-state index contributed by atoms with van der Waals surface area (Å²) in [5.41, 5.74) is 0.489. The summed E-state index contributed by atoms with van der Waals surface area (Å²) < 4.78 is 28.9. The van der Waals surface area contributed by atoms with E-state index in [4.69, 9.17) is 4.98 Å². The van der Waals surface area contributed by atoms with Gasteiger partial charge in [-0.3, -0.25) is 4.79 Å². The lowest BCUT2D eigenvalue weighted by Gasteiger charge is -2.37. The van der Waals surface area contributed by atoms with Crippen LogP contribution in [-0.4, -0.2) is 36.7 Å². The summed E-state index contributed by atoms with van der Waals surface area (Å²) in [7, 11) is 0. The molecule has 2 heterocycles. The third-order valence-corrected chi connectivity index (χ3v) is 7.91. The second-order valence-corrected chi connectivity index (χ2v) is 10.8. The number of aromatic nitrogens is 4. The summed E-state index contributed by atoms with van der Waals surface area (Å²) in [4.78, 5) is 21.7. The highest BCUT2D eigenvalue weighted by molar-refractivity contribution is 5.92. The standard InChI is InChI=1S/C27H28F2N4O2/c1-25(2,35)11-9-20(34)24-30-13-10-21(31-24)27-12-8-16(26(27,3)4)15-14-19(32-33-23(15)27)22-17(28)6-5-7-18(22)29/h5-7,10,13-14,16,35H,8-9,11-12H2,1-4H3/t16-,27-/m0/s1. The van der Waals surface area contributed by atoms with Crippen molar-refractivity contribution in [2.75, 3.05) is 0 Å². The van der Waals surface area contributed by atoms with Crippen molar-refractivity contribution >= 4 is 5.78 Å². The third kappa shape index (κ3) is 3.57. The Morgan fingerprint density at radius 1 is 1.17 bits per heavy atom. The van der Waals surface area contributed by atoms with Crippen molar-refractivity contribution < 1.29 is 18.7 Å². The number of hydrogen-bond donors (Lipinski definition) is 1. The number of nitrogens with zero attached hydrogens (tertiary/aromatic N) is 4. The summed E-state index contributed by atoms with van der Waals surface area (Å²) in [6.45, 7) is 7.61. The van der Waals surface area contributed by atoms with E-state index in [1.807, 2.05) is 6.07 Å². The molecule has 0 aliphatic heterocycles. The van der Waals surface area contributed by atoms with Crippen molar-refractivity contribution in [3.05, 3.63) is 70.9 Å². The number of rotatable bonds is 6. The van der Waals surface area contributed by atoms with Gasteiger partial charge in [0.05, 0.1) is 33.7 Å². The van der Waals surface area contributed by atoms with Gasteiger partial charge in [-0.1, -0.05) is 19.9 Å². The molecule has 2 bridgehead atoms. The number of benzene rings is 1. The van der Waals surface area contributed by atoms with Crippen molar-refractivity contribution in [2.24, 2.45) is 5.41 Å². The first-order valence-electron chi connectivity index (χ1n) is 11.9. The van der Waals surface area contributed by atoms with Gasteiger partial charge >= 0.3 is 0 Å². The van der Waals surface area contributed by atoms with Gasteiger partial charge in [0.25, 0.3) is 0 Å². The lowest BCUT2D eigenvalue weighted by atomic mass is 9.66. The minimum Gasteiger partial charge on any atom is -0.390 e. The van der Waals surface area contributed by atoms with Crippen molar-refractivity contribution in [1.29, 1.82) is 0 Å². The second-order valence-electron chi connectivity index (χ2n) is 10.8. The summed E-state index contributed by atoms with van der Waals surface area (Å²) in [5, 5.41) is 18.8. The normalized spacial score (nSPS) is 22.3. The van der Waals surface area contributed by atoms with Gasteiger partial charge in [-0.15, -0.1) is 5.10 Å². The Morgan fingerprint density at radius 2 is 1.89 bits per heavy atom. The molecular formula is C27H28F2N4O2. The molecule has 0 saturated heterocycles. The van der Waals surface area contributed by atoms with Crippen LogP contribution in [0, 0.1) is 17.0 Å². The van der Waals surface area contributed by atoms with Gasteiger partial charge in [0.1, 0.15) is 11.6 Å². The van der Waals surface area contributed by atoms with E-state index in [2.05, 4.69) is 29.0 Å². The van der Waals surface area contributed by atoms with E-state index >= 15 is 0 Å². The molecule has 5 rings (SSSR count). The monoisotopic (exact) mass is 478 g/mol. The predicted octanol–water partition coefficient (Wildman–Crippen LogP) is 5.15. The number of Topliss-reactive ketones (excluding diaryl/α,β-unsaturated/α-hetero) is 1. The molecule has 1 aromatic carbocycles. The molecule has 0 unspecified atom stereocenters. The van der Waals surface area contributed by atoms with Gasteiger partial charge in [0.2, 0.25) is 0 Å². The molecule has 8 heteroatoms. The average molecular weight is 479 g/mol. The summed E-state index contributed by atoms with van der Waals surface area (Å²) in [6.07, 6.45) is 3.67. The average Bonchev–Trinajstić information content (AvgIpc) is 3.18. The maximum Gasteiger partial charge on any atom is 0.200 e. The molecule has 1 N–H and O–H groups in total. The van der Waals surface area contributed by atoms with Gasteiger partial charge in [0.15, 0.2) is 11.6 Å². The number of carbonyl (C=O) groups is 1. The zero-order chi connectivity index (χ0) is 25.2. The van der Waals surface area contributed by atoms with E-state index in [1.54, 1.807) is 26.1 Å². The van der Waals surface area contributed by atoms with Gasteiger partial charge in [0, 0.05) is 12.6 Å².